The summed E-state index contributed by atoms with van der Waals surface area (Å²) in [7, 11) is -4.42. The van der Waals surface area contributed by atoms with Crippen LogP contribution in [0.1, 0.15) is 35.4 Å². The van der Waals surface area contributed by atoms with Gasteiger partial charge >= 0.3 is 21.6 Å². The molecule has 23 heavy (non-hydrogen) atoms. The predicted molar refractivity (Wildman–Crippen MR) is 74.5 cm³/mol. The molecule has 128 valence electrons. The number of carbonyl (C=O) groups is 1. The molecule has 0 N–H and O–H groups in total. The third-order valence-electron chi connectivity index (χ3n) is 3.89. The quantitative estimate of drug-likeness (QED) is 0.473. The first kappa shape index (κ1) is 17.6. The van der Waals surface area contributed by atoms with E-state index in [0.717, 1.165) is 5.56 Å². The maximum atomic E-state index is 12.4. The van der Waals surface area contributed by atoms with E-state index in [9.17, 15) is 26.4 Å². The molecule has 0 radical (unpaired) electrons. The van der Waals surface area contributed by atoms with Crippen LogP contribution in [0.3, 0.4) is 0 Å². The molecule has 0 fully saturated rings. The lowest BCUT2D eigenvalue weighted by Crippen LogP contribution is -2.28. The maximum Gasteiger partial charge on any atom is 0.534 e. The molecule has 0 unspecified atom stereocenters. The average Bonchev–Trinajstić information content (AvgIpc) is 2.84. The number of methoxy groups -OCH3 is 1. The van der Waals surface area contributed by atoms with Gasteiger partial charge in [-0.15, -0.1) is 0 Å². The van der Waals surface area contributed by atoms with E-state index in [1.807, 2.05) is 0 Å². The molecule has 2 rings (SSSR count). The van der Waals surface area contributed by atoms with Crippen LogP contribution in [0.25, 0.3) is 0 Å². The van der Waals surface area contributed by atoms with Gasteiger partial charge < -0.3 is 8.92 Å². The fourth-order valence-corrected chi connectivity index (χ4v) is 3.21. The Balaban J connectivity index is 2.30. The van der Waals surface area contributed by atoms with Crippen molar-refractivity contribution < 1.29 is 35.3 Å². The highest BCUT2D eigenvalue weighted by Gasteiger charge is 2.48. The summed E-state index contributed by atoms with van der Waals surface area (Å²) in [6.07, 6.45) is 1.34. The Morgan fingerprint density at radius 3 is 2.57 bits per heavy atom. The normalized spacial score (nSPS) is 17.7. The Bertz CT molecular complexity index is 725. The van der Waals surface area contributed by atoms with Crippen molar-refractivity contribution in [1.29, 1.82) is 0 Å². The van der Waals surface area contributed by atoms with Crippen molar-refractivity contribution in [3.63, 3.8) is 0 Å². The lowest BCUT2D eigenvalue weighted by Gasteiger charge is -2.15. The number of ether oxygens (including phenoxy) is 1. The van der Waals surface area contributed by atoms with Gasteiger partial charge in [-0.1, -0.05) is 6.07 Å². The fraction of sp³-hybridized carbons (Fsp3) is 0.500. The topological polar surface area (TPSA) is 69.7 Å². The second-order valence-corrected chi connectivity index (χ2v) is 6.79. The Morgan fingerprint density at radius 2 is 2.00 bits per heavy atom. The van der Waals surface area contributed by atoms with E-state index in [-0.39, 0.29) is 24.1 Å². The van der Waals surface area contributed by atoms with Gasteiger partial charge in [-0.25, -0.2) is 0 Å². The molecule has 1 aliphatic rings. The number of esters is 1. The number of carbonyl (C=O) groups excluding carboxylic acids is 1. The summed E-state index contributed by atoms with van der Waals surface area (Å²) in [5.41, 5.74) is -3.62. The molecule has 0 amide bonds. The zero-order chi connectivity index (χ0) is 17.4. The Hall–Kier alpha value is -1.77. The van der Waals surface area contributed by atoms with E-state index < -0.39 is 15.6 Å². The largest absolute Gasteiger partial charge is 0.534 e. The van der Waals surface area contributed by atoms with Gasteiger partial charge in [-0.2, -0.15) is 21.6 Å². The second kappa shape index (κ2) is 6.03. The molecule has 9 heteroatoms. The minimum atomic E-state index is -5.70. The van der Waals surface area contributed by atoms with Crippen LogP contribution >= 0.6 is 0 Å². The molecule has 5 nitrogen and oxygen atoms in total. The molecule has 0 spiro atoms. The molecule has 0 saturated carbocycles. The molecular formula is C14H15F3O5S. The highest BCUT2D eigenvalue weighted by atomic mass is 32.2. The van der Waals surface area contributed by atoms with Gasteiger partial charge in [0.2, 0.25) is 0 Å². The second-order valence-electron chi connectivity index (χ2n) is 5.26. The van der Waals surface area contributed by atoms with E-state index in [4.69, 9.17) is 0 Å². The minimum Gasteiger partial charge on any atom is -0.469 e. The molecule has 0 aliphatic heterocycles. The average molecular weight is 352 g/mol. The van der Waals surface area contributed by atoms with Crippen LogP contribution in [0.15, 0.2) is 12.1 Å². The molecule has 0 aromatic heterocycles. The van der Waals surface area contributed by atoms with Crippen LogP contribution in [-0.2, 0) is 26.1 Å². The van der Waals surface area contributed by atoms with Crippen LogP contribution < -0.4 is 4.18 Å². The van der Waals surface area contributed by atoms with E-state index in [1.54, 1.807) is 0 Å². The van der Waals surface area contributed by atoms with Crippen molar-refractivity contribution >= 4 is 16.1 Å². The summed E-state index contributed by atoms with van der Waals surface area (Å²) in [5, 5.41) is 0. The van der Waals surface area contributed by atoms with Gasteiger partial charge in [0, 0.05) is 0 Å². The van der Waals surface area contributed by atoms with Gasteiger partial charge in [0.05, 0.1) is 13.5 Å². The number of benzene rings is 1. The van der Waals surface area contributed by atoms with Crippen LogP contribution in [0.4, 0.5) is 13.2 Å². The molecule has 0 saturated heterocycles. The van der Waals surface area contributed by atoms with Gasteiger partial charge in [0.15, 0.2) is 0 Å². The third kappa shape index (κ3) is 3.44. The van der Waals surface area contributed by atoms with E-state index in [0.29, 0.717) is 24.0 Å². The lowest BCUT2D eigenvalue weighted by atomic mass is 9.96. The first-order valence-electron chi connectivity index (χ1n) is 6.76. The summed E-state index contributed by atoms with van der Waals surface area (Å²) in [6, 6.07) is 2.69. The van der Waals surface area contributed by atoms with Gasteiger partial charge in [0.1, 0.15) is 5.75 Å². The predicted octanol–water partition coefficient (Wildman–Crippen LogP) is 2.82. The summed E-state index contributed by atoms with van der Waals surface area (Å²) in [4.78, 5) is 11.4. The van der Waals surface area contributed by atoms with Gasteiger partial charge in [-0.05, 0) is 48.4 Å². The van der Waals surface area contributed by atoms with Crippen molar-refractivity contribution in [1.82, 2.24) is 0 Å². The minimum absolute atomic E-state index is 0.0931. The maximum absolute atomic E-state index is 12.4. The number of rotatable bonds is 4. The van der Waals surface area contributed by atoms with E-state index in [2.05, 4.69) is 8.92 Å². The van der Waals surface area contributed by atoms with Crippen LogP contribution in [0.2, 0.25) is 0 Å². The lowest BCUT2D eigenvalue weighted by molar-refractivity contribution is -0.141. The van der Waals surface area contributed by atoms with Gasteiger partial charge in [0.25, 0.3) is 0 Å². The first-order valence-corrected chi connectivity index (χ1v) is 8.17. The first-order chi connectivity index (χ1) is 10.6. The van der Waals surface area contributed by atoms with Crippen LogP contribution in [-0.4, -0.2) is 27.0 Å². The molecule has 0 heterocycles. The molecule has 0 bridgehead atoms. The van der Waals surface area contributed by atoms with E-state index >= 15 is 0 Å². The van der Waals surface area contributed by atoms with Crippen molar-refractivity contribution in [2.24, 2.45) is 0 Å². The fourth-order valence-electron chi connectivity index (χ4n) is 2.70. The Labute approximate surface area is 131 Å². The number of hydrogen-bond donors (Lipinski definition) is 0. The number of alkyl halides is 3. The van der Waals surface area contributed by atoms with Crippen LogP contribution in [0, 0.1) is 6.92 Å². The summed E-state index contributed by atoms with van der Waals surface area (Å²) < 4.78 is 68.3. The van der Waals surface area contributed by atoms with Gasteiger partial charge in [-0.3, -0.25) is 4.79 Å². The smallest absolute Gasteiger partial charge is 0.469 e. The molecular weight excluding hydrogens is 337 g/mol. The highest BCUT2D eigenvalue weighted by Crippen LogP contribution is 2.41. The van der Waals surface area contributed by atoms with Crippen molar-refractivity contribution in [2.75, 3.05) is 7.11 Å². The zero-order valence-corrected chi connectivity index (χ0v) is 13.3. The monoisotopic (exact) mass is 352 g/mol. The summed E-state index contributed by atoms with van der Waals surface area (Å²) >= 11 is 0. The number of halogens is 3. The number of fused-ring (bicyclic) bond motifs is 1. The Morgan fingerprint density at radius 1 is 1.35 bits per heavy atom. The SMILES string of the molecule is COC(=O)C[C@H]1CCc2c1ccc(OS(=O)(=O)C(F)(F)F)c2C. The summed E-state index contributed by atoms with van der Waals surface area (Å²) in [5.74, 6) is -0.815. The van der Waals surface area contributed by atoms with Crippen LogP contribution in [0.5, 0.6) is 5.75 Å². The third-order valence-corrected chi connectivity index (χ3v) is 4.86. The summed E-state index contributed by atoms with van der Waals surface area (Å²) in [6.45, 7) is 1.50. The van der Waals surface area contributed by atoms with Crippen molar-refractivity contribution in [3.8, 4) is 5.75 Å². The Kier molecular flexibility index (Phi) is 4.61. The standard InChI is InChI=1S/C14H15F3O5S/c1-8-10-4-3-9(7-13(18)21-2)11(10)5-6-12(8)22-23(19,20)14(15,16)17/h5-6,9H,3-4,7H2,1-2H3/t9-/m1/s1. The van der Waals surface area contributed by atoms with Crippen molar-refractivity contribution in [2.45, 2.75) is 37.6 Å². The molecule has 1 aromatic rings. The molecule has 1 aromatic carbocycles. The number of hydrogen-bond acceptors (Lipinski definition) is 5. The van der Waals surface area contributed by atoms with E-state index in [1.165, 1.54) is 26.2 Å². The zero-order valence-electron chi connectivity index (χ0n) is 12.4. The molecule has 1 aliphatic carbocycles. The van der Waals surface area contributed by atoms with Crippen molar-refractivity contribution in [3.05, 3.63) is 28.8 Å². The molecule has 1 atom stereocenters. The highest BCUT2D eigenvalue weighted by molar-refractivity contribution is 7.88.